The number of aliphatic carboxylic acids is 1. The van der Waals surface area contributed by atoms with Crippen LogP contribution in [0.2, 0.25) is 0 Å². The second-order valence-electron chi connectivity index (χ2n) is 5.23. The molecule has 0 bridgehead atoms. The molecule has 0 unspecified atom stereocenters. The SMILES string of the molecule is Cc1ccc(C(=O)NN2CCCCC2)cc1/C=C/C(=O)O. The summed E-state index contributed by atoms with van der Waals surface area (Å²) in [7, 11) is 0. The topological polar surface area (TPSA) is 69.6 Å². The molecule has 0 spiro atoms. The summed E-state index contributed by atoms with van der Waals surface area (Å²) in [5.74, 6) is -1.15. The van der Waals surface area contributed by atoms with Crippen LogP contribution in [0.15, 0.2) is 24.3 Å². The van der Waals surface area contributed by atoms with Crippen molar-refractivity contribution in [2.24, 2.45) is 0 Å². The summed E-state index contributed by atoms with van der Waals surface area (Å²) in [6.45, 7) is 3.64. The lowest BCUT2D eigenvalue weighted by molar-refractivity contribution is -0.131. The minimum atomic E-state index is -1.00. The van der Waals surface area contributed by atoms with E-state index in [1.54, 1.807) is 12.1 Å². The Balaban J connectivity index is 2.10. The molecular weight excluding hydrogens is 268 g/mol. The van der Waals surface area contributed by atoms with Gasteiger partial charge in [0.1, 0.15) is 0 Å². The lowest BCUT2D eigenvalue weighted by Crippen LogP contribution is -2.45. The number of amides is 1. The fraction of sp³-hybridized carbons (Fsp3) is 0.375. The summed E-state index contributed by atoms with van der Waals surface area (Å²) in [5, 5.41) is 10.6. The number of benzene rings is 1. The van der Waals surface area contributed by atoms with Gasteiger partial charge in [-0.25, -0.2) is 9.80 Å². The molecule has 1 saturated heterocycles. The highest BCUT2D eigenvalue weighted by Gasteiger charge is 2.14. The molecule has 21 heavy (non-hydrogen) atoms. The summed E-state index contributed by atoms with van der Waals surface area (Å²) < 4.78 is 0. The number of carboxylic acid groups (broad SMARTS) is 1. The first-order valence-corrected chi connectivity index (χ1v) is 7.14. The minimum Gasteiger partial charge on any atom is -0.478 e. The quantitative estimate of drug-likeness (QED) is 0.834. The van der Waals surface area contributed by atoms with Gasteiger partial charge in [0.05, 0.1) is 0 Å². The standard InChI is InChI=1S/C16H20N2O3/c1-12-5-6-14(11-13(12)7-8-15(19)20)16(21)17-18-9-3-2-4-10-18/h5-8,11H,2-4,9-10H2,1H3,(H,17,21)(H,19,20)/b8-7+. The predicted molar refractivity (Wildman–Crippen MR) is 80.7 cm³/mol. The van der Waals surface area contributed by atoms with E-state index in [0.717, 1.165) is 43.1 Å². The summed E-state index contributed by atoms with van der Waals surface area (Å²) >= 11 is 0. The normalized spacial score (nSPS) is 16.0. The van der Waals surface area contributed by atoms with Crippen LogP contribution in [0.5, 0.6) is 0 Å². The van der Waals surface area contributed by atoms with Crippen molar-refractivity contribution in [3.63, 3.8) is 0 Å². The Hall–Kier alpha value is -2.14. The predicted octanol–water partition coefficient (Wildman–Crippen LogP) is 2.22. The largest absolute Gasteiger partial charge is 0.478 e. The second kappa shape index (κ2) is 7.04. The number of nitrogens with one attached hydrogen (secondary N) is 1. The number of carbonyl (C=O) groups is 2. The Bertz CT molecular complexity index is 561. The number of hydrazine groups is 1. The number of hydrogen-bond donors (Lipinski definition) is 2. The molecule has 1 heterocycles. The molecule has 0 aliphatic carbocycles. The van der Waals surface area contributed by atoms with Crippen LogP contribution in [0.4, 0.5) is 0 Å². The number of nitrogens with zero attached hydrogens (tertiary/aromatic N) is 1. The van der Waals surface area contributed by atoms with Crippen LogP contribution in [0.1, 0.15) is 40.7 Å². The molecule has 1 aromatic rings. The number of piperidine rings is 1. The molecular formula is C16H20N2O3. The van der Waals surface area contributed by atoms with Crippen molar-refractivity contribution in [1.82, 2.24) is 10.4 Å². The van der Waals surface area contributed by atoms with Crippen molar-refractivity contribution in [3.05, 3.63) is 41.0 Å². The summed E-state index contributed by atoms with van der Waals surface area (Å²) in [6, 6.07) is 5.30. The van der Waals surface area contributed by atoms with Gasteiger partial charge in [0.25, 0.3) is 5.91 Å². The van der Waals surface area contributed by atoms with Crippen molar-refractivity contribution >= 4 is 18.0 Å². The van der Waals surface area contributed by atoms with Gasteiger partial charge in [0.2, 0.25) is 0 Å². The van der Waals surface area contributed by atoms with E-state index in [4.69, 9.17) is 5.11 Å². The Morgan fingerprint density at radius 2 is 1.95 bits per heavy atom. The maximum absolute atomic E-state index is 12.2. The Labute approximate surface area is 124 Å². The van der Waals surface area contributed by atoms with Crippen molar-refractivity contribution in [2.75, 3.05) is 13.1 Å². The van der Waals surface area contributed by atoms with Gasteiger partial charge >= 0.3 is 5.97 Å². The van der Waals surface area contributed by atoms with E-state index >= 15 is 0 Å². The first kappa shape index (κ1) is 15.3. The first-order chi connectivity index (χ1) is 10.1. The van der Waals surface area contributed by atoms with Crippen molar-refractivity contribution in [3.8, 4) is 0 Å². The first-order valence-electron chi connectivity index (χ1n) is 7.14. The third-order valence-corrected chi connectivity index (χ3v) is 3.56. The monoisotopic (exact) mass is 288 g/mol. The lowest BCUT2D eigenvalue weighted by Gasteiger charge is -2.26. The lowest BCUT2D eigenvalue weighted by atomic mass is 10.0. The molecule has 1 aromatic carbocycles. The third-order valence-electron chi connectivity index (χ3n) is 3.56. The van der Waals surface area contributed by atoms with Crippen LogP contribution < -0.4 is 5.43 Å². The molecule has 1 aliphatic heterocycles. The number of aryl methyl sites for hydroxylation is 1. The van der Waals surface area contributed by atoms with E-state index in [1.165, 1.54) is 12.5 Å². The van der Waals surface area contributed by atoms with Gasteiger partial charge in [-0.1, -0.05) is 12.5 Å². The summed E-state index contributed by atoms with van der Waals surface area (Å²) in [6.07, 6.45) is 5.99. The van der Waals surface area contributed by atoms with Gasteiger partial charge in [0, 0.05) is 24.7 Å². The maximum Gasteiger partial charge on any atom is 0.328 e. The highest BCUT2D eigenvalue weighted by molar-refractivity contribution is 5.95. The summed E-state index contributed by atoms with van der Waals surface area (Å²) in [4.78, 5) is 22.8. The molecule has 1 fully saturated rings. The Morgan fingerprint density at radius 1 is 1.24 bits per heavy atom. The highest BCUT2D eigenvalue weighted by Crippen LogP contribution is 2.14. The molecule has 5 nitrogen and oxygen atoms in total. The maximum atomic E-state index is 12.2. The third kappa shape index (κ3) is 4.43. The van der Waals surface area contributed by atoms with Gasteiger partial charge in [-0.15, -0.1) is 0 Å². The number of carbonyl (C=O) groups excluding carboxylic acids is 1. The van der Waals surface area contributed by atoms with Gasteiger partial charge < -0.3 is 5.11 Å². The van der Waals surface area contributed by atoms with E-state index < -0.39 is 5.97 Å². The zero-order chi connectivity index (χ0) is 15.2. The number of carboxylic acids is 1. The fourth-order valence-electron chi connectivity index (χ4n) is 2.34. The Kier molecular flexibility index (Phi) is 5.11. The molecule has 2 N–H and O–H groups in total. The zero-order valence-electron chi connectivity index (χ0n) is 12.1. The van der Waals surface area contributed by atoms with Crippen LogP contribution in [0.3, 0.4) is 0 Å². The number of rotatable bonds is 4. The van der Waals surface area contributed by atoms with Crippen LogP contribution >= 0.6 is 0 Å². The van der Waals surface area contributed by atoms with E-state index in [1.807, 2.05) is 18.0 Å². The molecule has 112 valence electrons. The molecule has 0 radical (unpaired) electrons. The molecule has 2 rings (SSSR count). The van der Waals surface area contributed by atoms with Crippen molar-refractivity contribution in [1.29, 1.82) is 0 Å². The van der Waals surface area contributed by atoms with Crippen molar-refractivity contribution < 1.29 is 14.7 Å². The molecule has 5 heteroatoms. The van der Waals surface area contributed by atoms with Crippen molar-refractivity contribution in [2.45, 2.75) is 26.2 Å². The minimum absolute atomic E-state index is 0.151. The van der Waals surface area contributed by atoms with E-state index in [2.05, 4.69) is 5.43 Å². The second-order valence-corrected chi connectivity index (χ2v) is 5.23. The smallest absolute Gasteiger partial charge is 0.328 e. The van der Waals surface area contributed by atoms with Gasteiger partial charge in [-0.3, -0.25) is 10.2 Å². The highest BCUT2D eigenvalue weighted by atomic mass is 16.4. The summed E-state index contributed by atoms with van der Waals surface area (Å²) in [5.41, 5.74) is 5.11. The zero-order valence-corrected chi connectivity index (χ0v) is 12.1. The molecule has 1 aliphatic rings. The Morgan fingerprint density at radius 3 is 2.62 bits per heavy atom. The van der Waals surface area contributed by atoms with E-state index in [9.17, 15) is 9.59 Å². The molecule has 0 saturated carbocycles. The van der Waals surface area contributed by atoms with Crippen LogP contribution in [-0.4, -0.2) is 35.1 Å². The van der Waals surface area contributed by atoms with Gasteiger partial charge in [-0.05, 0) is 49.1 Å². The molecule has 0 atom stereocenters. The van der Waals surface area contributed by atoms with Gasteiger partial charge in [-0.2, -0.15) is 0 Å². The average molecular weight is 288 g/mol. The molecule has 1 amide bonds. The fourth-order valence-corrected chi connectivity index (χ4v) is 2.34. The molecule has 0 aromatic heterocycles. The van der Waals surface area contributed by atoms with Gasteiger partial charge in [0.15, 0.2) is 0 Å². The van der Waals surface area contributed by atoms with E-state index in [-0.39, 0.29) is 5.91 Å². The average Bonchev–Trinajstić information content (AvgIpc) is 2.47. The van der Waals surface area contributed by atoms with Crippen LogP contribution in [0.25, 0.3) is 6.08 Å². The van der Waals surface area contributed by atoms with Crippen LogP contribution in [-0.2, 0) is 4.79 Å². The van der Waals surface area contributed by atoms with E-state index in [0.29, 0.717) is 5.56 Å². The van der Waals surface area contributed by atoms with Crippen LogP contribution in [0, 0.1) is 6.92 Å². The number of hydrogen-bond acceptors (Lipinski definition) is 3.